The van der Waals surface area contributed by atoms with E-state index in [9.17, 15) is 9.59 Å². The fourth-order valence-corrected chi connectivity index (χ4v) is 4.90. The number of methoxy groups -OCH3 is 1. The first-order valence-corrected chi connectivity index (χ1v) is 12.3. The van der Waals surface area contributed by atoms with Crippen molar-refractivity contribution in [3.63, 3.8) is 0 Å². The molecule has 0 aliphatic carbocycles. The molecular formula is C27H30N2O4S. The average molecular weight is 479 g/mol. The summed E-state index contributed by atoms with van der Waals surface area (Å²) >= 11 is 1.46. The van der Waals surface area contributed by atoms with Crippen LogP contribution in [0.15, 0.2) is 66.0 Å². The Balaban J connectivity index is 1.31. The second kappa shape index (κ2) is 11.2. The third-order valence-corrected chi connectivity index (χ3v) is 6.98. The van der Waals surface area contributed by atoms with E-state index < -0.39 is 0 Å². The Labute approximate surface area is 204 Å². The topological polar surface area (TPSA) is 59.1 Å². The van der Waals surface area contributed by atoms with Gasteiger partial charge in [0.1, 0.15) is 6.61 Å². The Bertz CT molecular complexity index is 1090. The van der Waals surface area contributed by atoms with Gasteiger partial charge in [-0.05, 0) is 47.5 Å². The molecule has 1 fully saturated rings. The molecule has 0 N–H and O–H groups in total. The van der Waals surface area contributed by atoms with E-state index in [-0.39, 0.29) is 17.7 Å². The molecular weight excluding hydrogens is 448 g/mol. The fraction of sp³-hybridized carbons (Fsp3) is 0.333. The zero-order valence-corrected chi connectivity index (χ0v) is 20.4. The quantitative estimate of drug-likeness (QED) is 0.465. The van der Waals surface area contributed by atoms with E-state index in [1.54, 1.807) is 12.0 Å². The highest BCUT2D eigenvalue weighted by atomic mass is 32.1. The fourth-order valence-electron chi connectivity index (χ4n) is 4.21. The molecule has 1 aliphatic heterocycles. The monoisotopic (exact) mass is 478 g/mol. The maximum absolute atomic E-state index is 13.1. The van der Waals surface area contributed by atoms with Gasteiger partial charge < -0.3 is 19.3 Å². The molecule has 2 amide bonds. The van der Waals surface area contributed by atoms with E-state index in [1.807, 2.05) is 78.0 Å². The van der Waals surface area contributed by atoms with Gasteiger partial charge in [-0.1, -0.05) is 42.5 Å². The van der Waals surface area contributed by atoms with Crippen LogP contribution in [0.25, 0.3) is 0 Å². The number of ether oxygens (including phenoxy) is 2. The van der Waals surface area contributed by atoms with Crippen molar-refractivity contribution in [1.82, 2.24) is 9.80 Å². The summed E-state index contributed by atoms with van der Waals surface area (Å²) in [5, 5.41) is 1.91. The van der Waals surface area contributed by atoms with Crippen molar-refractivity contribution >= 4 is 23.2 Å². The Morgan fingerprint density at radius 3 is 2.44 bits per heavy atom. The SMILES string of the molecule is COc1cc(CN(C)C(=O)C2CCN(C(=O)c3cccs3)CC2)ccc1OCc1ccccc1. The smallest absolute Gasteiger partial charge is 0.263 e. The van der Waals surface area contributed by atoms with Crippen molar-refractivity contribution in [2.75, 3.05) is 27.2 Å². The molecule has 1 aliphatic rings. The summed E-state index contributed by atoms with van der Waals surface area (Å²) < 4.78 is 11.5. The van der Waals surface area contributed by atoms with E-state index in [2.05, 4.69) is 0 Å². The van der Waals surface area contributed by atoms with Gasteiger partial charge in [-0.3, -0.25) is 9.59 Å². The lowest BCUT2D eigenvalue weighted by Crippen LogP contribution is -2.43. The first-order chi connectivity index (χ1) is 16.5. The molecule has 2 heterocycles. The molecule has 0 atom stereocenters. The van der Waals surface area contributed by atoms with Gasteiger partial charge in [0, 0.05) is 32.6 Å². The Morgan fingerprint density at radius 2 is 1.76 bits per heavy atom. The standard InChI is InChI=1S/C27H30N2O4S/c1-28(26(30)22-12-14-29(15-13-22)27(31)25-9-6-16-34-25)18-21-10-11-23(24(17-21)32-2)33-19-20-7-4-3-5-8-20/h3-11,16-17,22H,12-15,18-19H2,1-2H3. The van der Waals surface area contributed by atoms with E-state index in [0.29, 0.717) is 50.6 Å². The van der Waals surface area contributed by atoms with E-state index in [0.717, 1.165) is 16.0 Å². The molecule has 1 aromatic heterocycles. The molecule has 0 radical (unpaired) electrons. The highest BCUT2D eigenvalue weighted by molar-refractivity contribution is 7.12. The van der Waals surface area contributed by atoms with Crippen molar-refractivity contribution in [1.29, 1.82) is 0 Å². The number of benzene rings is 2. The van der Waals surface area contributed by atoms with Crippen LogP contribution >= 0.6 is 11.3 Å². The zero-order chi connectivity index (χ0) is 23.9. The number of nitrogens with zero attached hydrogens (tertiary/aromatic N) is 2. The molecule has 0 bridgehead atoms. The summed E-state index contributed by atoms with van der Waals surface area (Å²) in [6.45, 7) is 2.18. The van der Waals surface area contributed by atoms with Crippen LogP contribution in [0.5, 0.6) is 11.5 Å². The van der Waals surface area contributed by atoms with Crippen LogP contribution in [0.1, 0.15) is 33.6 Å². The highest BCUT2D eigenvalue weighted by Crippen LogP contribution is 2.30. The molecule has 0 saturated carbocycles. The van der Waals surface area contributed by atoms with Gasteiger partial charge in [0.05, 0.1) is 12.0 Å². The minimum absolute atomic E-state index is 0.0623. The van der Waals surface area contributed by atoms with Crippen LogP contribution in [-0.2, 0) is 17.9 Å². The van der Waals surface area contributed by atoms with Crippen LogP contribution in [0.2, 0.25) is 0 Å². The maximum atomic E-state index is 13.1. The van der Waals surface area contributed by atoms with Gasteiger partial charge in [-0.25, -0.2) is 0 Å². The lowest BCUT2D eigenvalue weighted by molar-refractivity contribution is -0.136. The molecule has 3 aromatic rings. The molecule has 178 valence electrons. The number of hydrogen-bond donors (Lipinski definition) is 0. The van der Waals surface area contributed by atoms with Gasteiger partial charge in [-0.15, -0.1) is 11.3 Å². The number of hydrogen-bond acceptors (Lipinski definition) is 5. The van der Waals surface area contributed by atoms with E-state index >= 15 is 0 Å². The van der Waals surface area contributed by atoms with Gasteiger partial charge >= 0.3 is 0 Å². The molecule has 6 nitrogen and oxygen atoms in total. The molecule has 7 heteroatoms. The first kappa shape index (κ1) is 23.8. The predicted octanol–water partition coefficient (Wildman–Crippen LogP) is 4.85. The van der Waals surface area contributed by atoms with Gasteiger partial charge in [0.15, 0.2) is 11.5 Å². The summed E-state index contributed by atoms with van der Waals surface area (Å²) in [5.41, 5.74) is 2.06. The van der Waals surface area contributed by atoms with Crippen molar-refractivity contribution in [3.05, 3.63) is 82.0 Å². The minimum atomic E-state index is -0.0623. The number of carbonyl (C=O) groups excluding carboxylic acids is 2. The molecule has 0 unspecified atom stereocenters. The second-order valence-corrected chi connectivity index (χ2v) is 9.45. The number of thiophene rings is 1. The summed E-state index contributed by atoms with van der Waals surface area (Å²) in [5.74, 6) is 1.44. The Morgan fingerprint density at radius 1 is 1.00 bits per heavy atom. The molecule has 4 rings (SSSR count). The normalized spacial score (nSPS) is 14.0. The van der Waals surface area contributed by atoms with Gasteiger partial charge in [0.2, 0.25) is 5.91 Å². The largest absolute Gasteiger partial charge is 0.493 e. The van der Waals surface area contributed by atoms with Crippen LogP contribution in [-0.4, -0.2) is 48.9 Å². The van der Waals surface area contributed by atoms with E-state index in [1.165, 1.54) is 11.3 Å². The lowest BCUT2D eigenvalue weighted by atomic mass is 9.95. The van der Waals surface area contributed by atoms with Gasteiger partial charge in [0.25, 0.3) is 5.91 Å². The number of rotatable bonds is 8. The zero-order valence-electron chi connectivity index (χ0n) is 19.6. The average Bonchev–Trinajstić information content (AvgIpc) is 3.43. The van der Waals surface area contributed by atoms with Crippen molar-refractivity contribution in [2.45, 2.75) is 26.0 Å². The highest BCUT2D eigenvalue weighted by Gasteiger charge is 2.29. The predicted molar refractivity (Wildman–Crippen MR) is 133 cm³/mol. The summed E-state index contributed by atoms with van der Waals surface area (Å²) in [6.07, 6.45) is 1.38. The lowest BCUT2D eigenvalue weighted by Gasteiger charge is -2.33. The summed E-state index contributed by atoms with van der Waals surface area (Å²) in [4.78, 5) is 30.0. The maximum Gasteiger partial charge on any atom is 0.263 e. The summed E-state index contributed by atoms with van der Waals surface area (Å²) in [7, 11) is 3.45. The Kier molecular flexibility index (Phi) is 7.85. The third kappa shape index (κ3) is 5.78. The minimum Gasteiger partial charge on any atom is -0.493 e. The molecule has 1 saturated heterocycles. The second-order valence-electron chi connectivity index (χ2n) is 8.50. The molecule has 34 heavy (non-hydrogen) atoms. The summed E-state index contributed by atoms with van der Waals surface area (Å²) in [6, 6.07) is 19.5. The number of likely N-dealkylation sites (tertiary alicyclic amines) is 1. The molecule has 0 spiro atoms. The molecule has 2 aromatic carbocycles. The third-order valence-electron chi connectivity index (χ3n) is 6.12. The van der Waals surface area contributed by atoms with Crippen molar-refractivity contribution < 1.29 is 19.1 Å². The number of amides is 2. The van der Waals surface area contributed by atoms with Gasteiger partial charge in [-0.2, -0.15) is 0 Å². The van der Waals surface area contributed by atoms with Crippen molar-refractivity contribution in [3.8, 4) is 11.5 Å². The van der Waals surface area contributed by atoms with Crippen LogP contribution in [0, 0.1) is 5.92 Å². The number of piperidine rings is 1. The van der Waals surface area contributed by atoms with Crippen LogP contribution in [0.4, 0.5) is 0 Å². The van der Waals surface area contributed by atoms with E-state index in [4.69, 9.17) is 9.47 Å². The van der Waals surface area contributed by atoms with Crippen LogP contribution < -0.4 is 9.47 Å². The number of carbonyl (C=O) groups is 2. The first-order valence-electron chi connectivity index (χ1n) is 11.5. The Hall–Kier alpha value is -3.32. The van der Waals surface area contributed by atoms with Crippen LogP contribution in [0.3, 0.4) is 0 Å². The van der Waals surface area contributed by atoms with Crippen molar-refractivity contribution in [2.24, 2.45) is 5.92 Å².